The van der Waals surface area contributed by atoms with E-state index in [1.54, 1.807) is 0 Å². The molecule has 1 fully saturated rings. The van der Waals surface area contributed by atoms with Gasteiger partial charge in [-0.05, 0) is 29.4 Å². The van der Waals surface area contributed by atoms with E-state index in [4.69, 9.17) is 0 Å². The molecule has 3 rings (SSSR count). The lowest BCUT2D eigenvalue weighted by molar-refractivity contribution is -0.155. The number of Topliss-reactive ketones (excluding diaryl/α,β-unsaturated/α-hetero) is 1. The van der Waals surface area contributed by atoms with Gasteiger partial charge in [-0.15, -0.1) is 0 Å². The molecule has 0 bridgehead atoms. The van der Waals surface area contributed by atoms with Crippen LogP contribution in [-0.2, 0) is 14.3 Å². The second-order valence-corrected chi connectivity index (χ2v) is 5.65. The summed E-state index contributed by atoms with van der Waals surface area (Å²) in [5, 5.41) is 0. The van der Waals surface area contributed by atoms with E-state index in [2.05, 4.69) is 4.74 Å². The Labute approximate surface area is 129 Å². The molecule has 3 atom stereocenters. The Morgan fingerprint density at radius 2 is 1.32 bits per heavy atom. The van der Waals surface area contributed by atoms with Crippen LogP contribution in [0.5, 0.6) is 0 Å². The van der Waals surface area contributed by atoms with Gasteiger partial charge in [0.15, 0.2) is 0 Å². The highest BCUT2D eigenvalue weighted by Crippen LogP contribution is 2.53. The van der Waals surface area contributed by atoms with Crippen molar-refractivity contribution in [3.05, 3.63) is 71.8 Å². The topological polar surface area (TPSA) is 43.4 Å². The maximum atomic E-state index is 12.4. The van der Waals surface area contributed by atoms with Gasteiger partial charge in [0.25, 0.3) is 0 Å². The van der Waals surface area contributed by atoms with Crippen molar-refractivity contribution in [1.82, 2.24) is 0 Å². The van der Waals surface area contributed by atoms with Crippen LogP contribution in [0.25, 0.3) is 0 Å². The molecule has 0 radical (unpaired) electrons. The van der Waals surface area contributed by atoms with Crippen LogP contribution in [0.3, 0.4) is 0 Å². The summed E-state index contributed by atoms with van der Waals surface area (Å²) >= 11 is 0. The largest absolute Gasteiger partial charge is 0.463 e. The van der Waals surface area contributed by atoms with E-state index in [0.29, 0.717) is 0 Å². The number of hydrogen-bond acceptors (Lipinski definition) is 3. The van der Waals surface area contributed by atoms with Gasteiger partial charge in [0.05, 0.1) is 7.11 Å². The first kappa shape index (κ1) is 14.5. The predicted molar refractivity (Wildman–Crippen MR) is 83.5 cm³/mol. The van der Waals surface area contributed by atoms with E-state index in [9.17, 15) is 9.59 Å². The van der Waals surface area contributed by atoms with Crippen molar-refractivity contribution in [3.8, 4) is 0 Å². The number of ether oxygens (including phenoxy) is 1. The quantitative estimate of drug-likeness (QED) is 0.642. The van der Waals surface area contributed by atoms with Gasteiger partial charge >= 0.3 is 5.97 Å². The van der Waals surface area contributed by atoms with Crippen molar-refractivity contribution in [3.63, 3.8) is 0 Å². The van der Waals surface area contributed by atoms with Crippen LogP contribution < -0.4 is 0 Å². The molecule has 2 aromatic carbocycles. The van der Waals surface area contributed by atoms with Crippen LogP contribution in [0.4, 0.5) is 0 Å². The normalized spacial score (nSPS) is 23.4. The fraction of sp³-hybridized carbons (Fsp3) is 0.263. The fourth-order valence-electron chi connectivity index (χ4n) is 3.34. The summed E-state index contributed by atoms with van der Waals surface area (Å²) in [6.45, 7) is 0. The Morgan fingerprint density at radius 3 is 1.73 bits per heavy atom. The van der Waals surface area contributed by atoms with Crippen molar-refractivity contribution in [2.24, 2.45) is 5.92 Å². The Bertz CT molecular complexity index is 618. The van der Waals surface area contributed by atoms with Crippen molar-refractivity contribution in [2.45, 2.75) is 18.3 Å². The lowest BCUT2D eigenvalue weighted by atomic mass is 9.58. The highest BCUT2D eigenvalue weighted by atomic mass is 16.5. The zero-order valence-electron chi connectivity index (χ0n) is 12.4. The first-order valence-electron chi connectivity index (χ1n) is 7.44. The molecule has 0 N–H and O–H groups in total. The summed E-state index contributed by atoms with van der Waals surface area (Å²) in [6, 6.07) is 19.8. The molecule has 3 nitrogen and oxygen atoms in total. The summed E-state index contributed by atoms with van der Waals surface area (Å²) in [5.41, 5.74) is 2.22. The molecule has 3 heteroatoms. The van der Waals surface area contributed by atoms with Crippen molar-refractivity contribution < 1.29 is 14.3 Å². The molecule has 22 heavy (non-hydrogen) atoms. The molecule has 0 heterocycles. The third-order valence-electron chi connectivity index (χ3n) is 4.52. The van der Waals surface area contributed by atoms with Gasteiger partial charge in [0.2, 0.25) is 5.78 Å². The van der Waals surface area contributed by atoms with Gasteiger partial charge in [-0.2, -0.15) is 0 Å². The van der Waals surface area contributed by atoms with E-state index in [1.165, 1.54) is 7.11 Å². The molecule has 112 valence electrons. The smallest absolute Gasteiger partial charge is 0.374 e. The summed E-state index contributed by atoms with van der Waals surface area (Å²) in [7, 11) is 1.26. The number of benzene rings is 2. The molecule has 0 aliphatic heterocycles. The number of methoxy groups -OCH3 is 1. The van der Waals surface area contributed by atoms with Gasteiger partial charge in [-0.25, -0.2) is 4.79 Å². The SMILES string of the molecule is COC(=O)C(=O)C1[C@@H](c2ccccc2)C[C@H]1c1ccccc1. The van der Waals surface area contributed by atoms with E-state index in [1.807, 2.05) is 60.7 Å². The third-order valence-corrected chi connectivity index (χ3v) is 4.52. The van der Waals surface area contributed by atoms with Crippen LogP contribution in [-0.4, -0.2) is 18.9 Å². The van der Waals surface area contributed by atoms with E-state index in [-0.39, 0.29) is 17.8 Å². The van der Waals surface area contributed by atoms with Crippen molar-refractivity contribution in [1.29, 1.82) is 0 Å². The van der Waals surface area contributed by atoms with Gasteiger partial charge in [-0.3, -0.25) is 4.79 Å². The lowest BCUT2D eigenvalue weighted by Gasteiger charge is -2.43. The Morgan fingerprint density at radius 1 is 0.864 bits per heavy atom. The average molecular weight is 294 g/mol. The van der Waals surface area contributed by atoms with Crippen molar-refractivity contribution in [2.75, 3.05) is 7.11 Å². The number of carbonyl (C=O) groups is 2. The highest BCUT2D eigenvalue weighted by Gasteiger charge is 2.49. The molecule has 0 amide bonds. The number of ketones is 1. The van der Waals surface area contributed by atoms with Gasteiger partial charge in [-0.1, -0.05) is 60.7 Å². The van der Waals surface area contributed by atoms with Crippen LogP contribution in [0.1, 0.15) is 29.4 Å². The summed E-state index contributed by atoms with van der Waals surface area (Å²) in [5.74, 6) is -1.34. The second kappa shape index (κ2) is 6.14. The molecule has 0 saturated heterocycles. The van der Waals surface area contributed by atoms with E-state index in [0.717, 1.165) is 17.5 Å². The molecule has 1 saturated carbocycles. The first-order valence-corrected chi connectivity index (χ1v) is 7.44. The number of rotatable bonds is 4. The van der Waals surface area contributed by atoms with E-state index < -0.39 is 11.8 Å². The predicted octanol–water partition coefficient (Wildman–Crippen LogP) is 3.32. The van der Waals surface area contributed by atoms with Crippen LogP contribution in [0.15, 0.2) is 60.7 Å². The highest BCUT2D eigenvalue weighted by molar-refractivity contribution is 6.35. The molecule has 1 unspecified atom stereocenters. The maximum Gasteiger partial charge on any atom is 0.374 e. The lowest BCUT2D eigenvalue weighted by Crippen LogP contribution is -2.42. The zero-order chi connectivity index (χ0) is 15.5. The first-order chi connectivity index (χ1) is 10.7. The van der Waals surface area contributed by atoms with Gasteiger partial charge in [0.1, 0.15) is 0 Å². The average Bonchev–Trinajstić information content (AvgIpc) is 2.55. The summed E-state index contributed by atoms with van der Waals surface area (Å²) < 4.78 is 4.65. The maximum absolute atomic E-state index is 12.4. The Balaban J connectivity index is 1.91. The molecular formula is C19H18O3. The van der Waals surface area contributed by atoms with Gasteiger partial charge in [0, 0.05) is 5.92 Å². The monoisotopic (exact) mass is 294 g/mol. The minimum Gasteiger partial charge on any atom is -0.463 e. The minimum atomic E-state index is -0.744. The van der Waals surface area contributed by atoms with E-state index >= 15 is 0 Å². The molecule has 1 aliphatic rings. The molecule has 1 aliphatic carbocycles. The van der Waals surface area contributed by atoms with Crippen LogP contribution >= 0.6 is 0 Å². The third kappa shape index (κ3) is 2.54. The van der Waals surface area contributed by atoms with Crippen LogP contribution in [0.2, 0.25) is 0 Å². The molecule has 2 aromatic rings. The Hall–Kier alpha value is -2.42. The number of esters is 1. The summed E-state index contributed by atoms with van der Waals surface area (Å²) in [4.78, 5) is 24.2. The van der Waals surface area contributed by atoms with Crippen molar-refractivity contribution >= 4 is 11.8 Å². The van der Waals surface area contributed by atoms with Gasteiger partial charge < -0.3 is 4.74 Å². The number of hydrogen-bond donors (Lipinski definition) is 0. The molecular weight excluding hydrogens is 276 g/mol. The second-order valence-electron chi connectivity index (χ2n) is 5.65. The van der Waals surface area contributed by atoms with Crippen LogP contribution in [0, 0.1) is 5.92 Å². The number of carbonyl (C=O) groups excluding carboxylic acids is 2. The zero-order valence-corrected chi connectivity index (χ0v) is 12.4. The Kier molecular flexibility index (Phi) is 4.05. The molecule has 0 spiro atoms. The minimum absolute atomic E-state index is 0.0815. The standard InChI is InChI=1S/C19H18O3/c1-22-19(21)18(20)17-15(13-8-4-2-5-9-13)12-16(17)14-10-6-3-7-11-14/h2-11,15-17H,12H2,1H3/t15-,16+,17?. The molecule has 0 aromatic heterocycles. The summed E-state index contributed by atoms with van der Waals surface area (Å²) in [6.07, 6.45) is 0.876. The fourth-order valence-corrected chi connectivity index (χ4v) is 3.34.